The van der Waals surface area contributed by atoms with Crippen molar-refractivity contribution in [3.05, 3.63) is 0 Å². The average Bonchev–Trinajstić information content (AvgIpc) is 2.81. The minimum Gasteiger partial charge on any atom is -0.480 e. The first kappa shape index (κ1) is 13.5. The summed E-state index contributed by atoms with van der Waals surface area (Å²) in [5, 5.41) is 11.9. The number of amides is 2. The van der Waals surface area contributed by atoms with Gasteiger partial charge in [0.25, 0.3) is 0 Å². The molecule has 102 valence electrons. The molecular formula is C11H19N3O3S. The molecule has 2 rings (SSSR count). The number of thioether (sulfide) groups is 1. The minimum atomic E-state index is -0.942. The molecule has 1 saturated heterocycles. The Hall–Kier alpha value is -0.950. The van der Waals surface area contributed by atoms with Gasteiger partial charge in [-0.3, -0.25) is 0 Å². The molecule has 0 bridgehead atoms. The topological polar surface area (TPSA) is 95.7 Å². The van der Waals surface area contributed by atoms with Gasteiger partial charge in [-0.15, -0.1) is 11.8 Å². The van der Waals surface area contributed by atoms with Crippen LogP contribution in [0.1, 0.15) is 25.7 Å². The molecule has 0 aromatic rings. The summed E-state index contributed by atoms with van der Waals surface area (Å²) in [5.41, 5.74) is 5.97. The van der Waals surface area contributed by atoms with Crippen molar-refractivity contribution in [3.63, 3.8) is 0 Å². The van der Waals surface area contributed by atoms with Crippen LogP contribution in [0.3, 0.4) is 0 Å². The van der Waals surface area contributed by atoms with Gasteiger partial charge >= 0.3 is 12.0 Å². The summed E-state index contributed by atoms with van der Waals surface area (Å²) in [6.07, 6.45) is 3.97. The molecule has 0 aromatic carbocycles. The Morgan fingerprint density at radius 1 is 1.33 bits per heavy atom. The van der Waals surface area contributed by atoms with Crippen molar-refractivity contribution in [2.75, 3.05) is 11.6 Å². The van der Waals surface area contributed by atoms with Gasteiger partial charge in [-0.1, -0.05) is 12.8 Å². The maximum atomic E-state index is 12.1. The number of aliphatic carboxylic acids is 1. The van der Waals surface area contributed by atoms with E-state index in [0.717, 1.165) is 25.7 Å². The summed E-state index contributed by atoms with van der Waals surface area (Å²) >= 11 is 1.46. The predicted octanol–water partition coefficient (Wildman–Crippen LogP) is 0.425. The Bertz CT molecular complexity index is 339. The molecule has 2 fully saturated rings. The molecule has 0 spiro atoms. The number of carboxylic acids is 1. The zero-order valence-electron chi connectivity index (χ0n) is 10.2. The van der Waals surface area contributed by atoms with Gasteiger partial charge in [-0.25, -0.2) is 9.59 Å². The highest BCUT2D eigenvalue weighted by Gasteiger charge is 2.36. The van der Waals surface area contributed by atoms with E-state index in [1.807, 2.05) is 0 Å². The number of urea groups is 1. The monoisotopic (exact) mass is 273 g/mol. The first-order chi connectivity index (χ1) is 8.59. The maximum absolute atomic E-state index is 12.1. The normalized spacial score (nSPS) is 32.3. The Balaban J connectivity index is 1.92. The van der Waals surface area contributed by atoms with Crippen LogP contribution in [0.15, 0.2) is 0 Å². The van der Waals surface area contributed by atoms with Crippen molar-refractivity contribution in [2.45, 2.75) is 43.8 Å². The molecule has 6 nitrogen and oxygen atoms in total. The van der Waals surface area contributed by atoms with Gasteiger partial charge in [0.15, 0.2) is 0 Å². The summed E-state index contributed by atoms with van der Waals surface area (Å²) < 4.78 is 0. The van der Waals surface area contributed by atoms with Crippen LogP contribution in [0, 0.1) is 0 Å². The third kappa shape index (κ3) is 2.89. The Morgan fingerprint density at radius 3 is 2.72 bits per heavy atom. The molecule has 0 aromatic heterocycles. The minimum absolute atomic E-state index is 0.0127. The predicted molar refractivity (Wildman–Crippen MR) is 69.4 cm³/mol. The maximum Gasteiger partial charge on any atom is 0.327 e. The number of nitrogens with two attached hydrogens (primary N) is 1. The molecule has 1 aliphatic carbocycles. The fourth-order valence-electron chi connectivity index (χ4n) is 2.43. The van der Waals surface area contributed by atoms with Crippen LogP contribution in [0.2, 0.25) is 0 Å². The lowest BCUT2D eigenvalue weighted by atomic mass is 9.91. The van der Waals surface area contributed by atoms with Gasteiger partial charge in [0.05, 0.1) is 5.88 Å². The SMILES string of the molecule is NC1CCCCC1NC(=O)N1CSC[C@H]1C(=O)O. The number of hydrogen-bond acceptors (Lipinski definition) is 4. The van der Waals surface area contributed by atoms with E-state index in [2.05, 4.69) is 5.32 Å². The van der Waals surface area contributed by atoms with Crippen molar-refractivity contribution >= 4 is 23.8 Å². The number of carbonyl (C=O) groups excluding carboxylic acids is 1. The molecule has 0 radical (unpaired) electrons. The van der Waals surface area contributed by atoms with Crippen LogP contribution in [-0.2, 0) is 4.79 Å². The quantitative estimate of drug-likeness (QED) is 0.678. The number of nitrogens with one attached hydrogen (secondary N) is 1. The fourth-order valence-corrected chi connectivity index (χ4v) is 3.57. The third-order valence-electron chi connectivity index (χ3n) is 3.56. The first-order valence-electron chi connectivity index (χ1n) is 6.23. The standard InChI is InChI=1S/C11H19N3O3S/c12-7-3-1-2-4-8(7)13-11(17)14-6-18-5-9(14)10(15)16/h7-9H,1-6,12H2,(H,13,17)(H,15,16)/t7?,8?,9-/m0/s1. The van der Waals surface area contributed by atoms with Gasteiger partial charge in [-0.05, 0) is 12.8 Å². The summed E-state index contributed by atoms with van der Waals surface area (Å²) in [4.78, 5) is 24.5. The van der Waals surface area contributed by atoms with Gasteiger partial charge in [0.2, 0.25) is 0 Å². The van der Waals surface area contributed by atoms with Crippen molar-refractivity contribution in [3.8, 4) is 0 Å². The molecule has 4 N–H and O–H groups in total. The molecule has 2 amide bonds. The molecular weight excluding hydrogens is 254 g/mol. The van der Waals surface area contributed by atoms with E-state index in [1.165, 1.54) is 16.7 Å². The summed E-state index contributed by atoms with van der Waals surface area (Å²) in [6, 6.07) is -1.04. The zero-order chi connectivity index (χ0) is 13.1. The second-order valence-electron chi connectivity index (χ2n) is 4.83. The molecule has 7 heteroatoms. The highest BCUT2D eigenvalue weighted by atomic mass is 32.2. The van der Waals surface area contributed by atoms with E-state index in [1.54, 1.807) is 0 Å². The number of rotatable bonds is 2. The third-order valence-corrected chi connectivity index (χ3v) is 4.57. The Morgan fingerprint density at radius 2 is 2.06 bits per heavy atom. The Labute approximate surface area is 110 Å². The number of carboxylic acid groups (broad SMARTS) is 1. The number of carbonyl (C=O) groups is 2. The lowest BCUT2D eigenvalue weighted by Crippen LogP contribution is -2.55. The van der Waals surface area contributed by atoms with Gasteiger partial charge < -0.3 is 21.1 Å². The molecule has 2 aliphatic rings. The molecule has 3 atom stereocenters. The van der Waals surface area contributed by atoms with E-state index < -0.39 is 12.0 Å². The second kappa shape index (κ2) is 5.79. The van der Waals surface area contributed by atoms with E-state index in [0.29, 0.717) is 11.6 Å². The lowest BCUT2D eigenvalue weighted by molar-refractivity contribution is -0.140. The Kier molecular flexibility index (Phi) is 4.34. The van der Waals surface area contributed by atoms with Crippen LogP contribution in [0.5, 0.6) is 0 Å². The van der Waals surface area contributed by atoms with Gasteiger partial charge in [-0.2, -0.15) is 0 Å². The molecule has 1 heterocycles. The largest absolute Gasteiger partial charge is 0.480 e. The van der Waals surface area contributed by atoms with Crippen molar-refractivity contribution in [2.24, 2.45) is 5.73 Å². The molecule has 18 heavy (non-hydrogen) atoms. The average molecular weight is 273 g/mol. The number of nitrogens with zero attached hydrogens (tertiary/aromatic N) is 1. The number of hydrogen-bond donors (Lipinski definition) is 3. The smallest absolute Gasteiger partial charge is 0.327 e. The lowest BCUT2D eigenvalue weighted by Gasteiger charge is -2.31. The van der Waals surface area contributed by atoms with E-state index in [9.17, 15) is 9.59 Å². The highest BCUT2D eigenvalue weighted by molar-refractivity contribution is 7.99. The van der Waals surface area contributed by atoms with Crippen LogP contribution in [0.25, 0.3) is 0 Å². The van der Waals surface area contributed by atoms with Crippen molar-refractivity contribution < 1.29 is 14.7 Å². The second-order valence-corrected chi connectivity index (χ2v) is 5.83. The van der Waals surface area contributed by atoms with Gasteiger partial charge in [0, 0.05) is 17.8 Å². The van der Waals surface area contributed by atoms with Gasteiger partial charge in [0.1, 0.15) is 6.04 Å². The molecule has 2 unspecified atom stereocenters. The fraction of sp³-hybridized carbons (Fsp3) is 0.818. The summed E-state index contributed by atoms with van der Waals surface area (Å²) in [5.74, 6) is -0.0485. The first-order valence-corrected chi connectivity index (χ1v) is 7.38. The summed E-state index contributed by atoms with van der Waals surface area (Å²) in [6.45, 7) is 0. The van der Waals surface area contributed by atoms with E-state index in [-0.39, 0.29) is 18.1 Å². The zero-order valence-corrected chi connectivity index (χ0v) is 11.0. The highest BCUT2D eigenvalue weighted by Crippen LogP contribution is 2.22. The van der Waals surface area contributed by atoms with Crippen LogP contribution < -0.4 is 11.1 Å². The van der Waals surface area contributed by atoms with E-state index in [4.69, 9.17) is 10.8 Å². The molecule has 1 aliphatic heterocycles. The summed E-state index contributed by atoms with van der Waals surface area (Å²) in [7, 11) is 0. The van der Waals surface area contributed by atoms with Crippen molar-refractivity contribution in [1.29, 1.82) is 0 Å². The molecule has 1 saturated carbocycles. The van der Waals surface area contributed by atoms with Crippen LogP contribution in [-0.4, -0.2) is 51.8 Å². The van der Waals surface area contributed by atoms with Crippen LogP contribution >= 0.6 is 11.8 Å². The van der Waals surface area contributed by atoms with Crippen molar-refractivity contribution in [1.82, 2.24) is 10.2 Å². The van der Waals surface area contributed by atoms with Crippen LogP contribution in [0.4, 0.5) is 4.79 Å². The van der Waals surface area contributed by atoms with E-state index >= 15 is 0 Å².